The molecule has 0 saturated carbocycles. The average Bonchev–Trinajstić information content (AvgIpc) is 2.73. The van der Waals surface area contributed by atoms with Gasteiger partial charge in [-0.15, -0.1) is 10.2 Å². The SMILES string of the molecule is C/C(=N/Nc1nncn1N)c1ccccc1. The molecule has 0 aliphatic heterocycles. The van der Waals surface area contributed by atoms with E-state index < -0.39 is 0 Å². The van der Waals surface area contributed by atoms with Gasteiger partial charge in [0, 0.05) is 0 Å². The van der Waals surface area contributed by atoms with Gasteiger partial charge in [-0.25, -0.2) is 10.1 Å². The molecule has 0 aliphatic carbocycles. The summed E-state index contributed by atoms with van der Waals surface area (Å²) in [5.74, 6) is 5.92. The van der Waals surface area contributed by atoms with E-state index >= 15 is 0 Å². The second-order valence-corrected chi connectivity index (χ2v) is 3.24. The number of aromatic nitrogens is 3. The summed E-state index contributed by atoms with van der Waals surface area (Å²) in [7, 11) is 0. The van der Waals surface area contributed by atoms with E-state index in [1.807, 2.05) is 37.3 Å². The van der Waals surface area contributed by atoms with Crippen molar-refractivity contribution in [2.75, 3.05) is 11.3 Å². The summed E-state index contributed by atoms with van der Waals surface area (Å²) >= 11 is 0. The van der Waals surface area contributed by atoms with E-state index in [0.717, 1.165) is 11.3 Å². The summed E-state index contributed by atoms with van der Waals surface area (Å²) in [6, 6.07) is 9.83. The number of hydrogen-bond acceptors (Lipinski definition) is 5. The van der Waals surface area contributed by atoms with Crippen molar-refractivity contribution in [2.24, 2.45) is 5.10 Å². The number of rotatable bonds is 3. The molecule has 0 saturated heterocycles. The van der Waals surface area contributed by atoms with Gasteiger partial charge in [-0.05, 0) is 12.5 Å². The molecule has 6 heteroatoms. The van der Waals surface area contributed by atoms with Crippen LogP contribution in [-0.4, -0.2) is 20.6 Å². The molecule has 3 N–H and O–H groups in total. The number of anilines is 1. The molecule has 0 amide bonds. The lowest BCUT2D eigenvalue weighted by atomic mass is 10.1. The fourth-order valence-corrected chi connectivity index (χ4v) is 1.20. The molecule has 16 heavy (non-hydrogen) atoms. The number of hydrogen-bond donors (Lipinski definition) is 2. The minimum absolute atomic E-state index is 0.398. The van der Waals surface area contributed by atoms with Crippen LogP contribution in [0, 0.1) is 0 Å². The molecule has 2 aromatic rings. The summed E-state index contributed by atoms with van der Waals surface area (Å²) in [6.45, 7) is 1.90. The zero-order valence-electron chi connectivity index (χ0n) is 8.83. The first kappa shape index (κ1) is 10.2. The lowest BCUT2D eigenvalue weighted by Gasteiger charge is -2.01. The van der Waals surface area contributed by atoms with E-state index in [0.29, 0.717) is 5.95 Å². The van der Waals surface area contributed by atoms with Crippen LogP contribution in [0.1, 0.15) is 12.5 Å². The molecule has 2 rings (SSSR count). The van der Waals surface area contributed by atoms with Gasteiger partial charge in [0.2, 0.25) is 0 Å². The van der Waals surface area contributed by atoms with Gasteiger partial charge in [0.1, 0.15) is 6.33 Å². The number of hydrazone groups is 1. The van der Waals surface area contributed by atoms with E-state index in [9.17, 15) is 0 Å². The third-order valence-corrected chi connectivity index (χ3v) is 2.09. The highest BCUT2D eigenvalue weighted by atomic mass is 15.5. The molecule has 0 atom stereocenters. The van der Waals surface area contributed by atoms with Crippen LogP contribution in [0.4, 0.5) is 5.95 Å². The monoisotopic (exact) mass is 216 g/mol. The van der Waals surface area contributed by atoms with Crippen LogP contribution in [0.2, 0.25) is 0 Å². The molecule has 0 unspecified atom stereocenters. The van der Waals surface area contributed by atoms with Crippen molar-refractivity contribution in [1.29, 1.82) is 0 Å². The van der Waals surface area contributed by atoms with Crippen molar-refractivity contribution < 1.29 is 0 Å². The Balaban J connectivity index is 2.12. The zero-order chi connectivity index (χ0) is 11.4. The van der Waals surface area contributed by atoms with Crippen LogP contribution < -0.4 is 11.3 Å². The largest absolute Gasteiger partial charge is 0.335 e. The van der Waals surface area contributed by atoms with E-state index in [2.05, 4.69) is 20.7 Å². The van der Waals surface area contributed by atoms with Crippen molar-refractivity contribution in [3.8, 4) is 0 Å². The van der Waals surface area contributed by atoms with Crippen LogP contribution in [-0.2, 0) is 0 Å². The summed E-state index contributed by atoms with van der Waals surface area (Å²) < 4.78 is 1.27. The fourth-order valence-electron chi connectivity index (χ4n) is 1.20. The van der Waals surface area contributed by atoms with E-state index in [-0.39, 0.29) is 0 Å². The Morgan fingerprint density at radius 1 is 1.38 bits per heavy atom. The number of benzene rings is 1. The Hall–Kier alpha value is -2.37. The lowest BCUT2D eigenvalue weighted by Crippen LogP contribution is -2.11. The second-order valence-electron chi connectivity index (χ2n) is 3.24. The number of nitrogen functional groups attached to an aromatic ring is 1. The molecular weight excluding hydrogens is 204 g/mol. The van der Waals surface area contributed by atoms with Crippen molar-refractivity contribution in [1.82, 2.24) is 14.9 Å². The number of nitrogens with zero attached hydrogens (tertiary/aromatic N) is 4. The Kier molecular flexibility index (Phi) is 2.81. The quantitative estimate of drug-likeness (QED) is 0.452. The summed E-state index contributed by atoms with van der Waals surface area (Å²) in [5.41, 5.74) is 4.63. The van der Waals surface area contributed by atoms with Crippen LogP contribution in [0.15, 0.2) is 41.8 Å². The Morgan fingerprint density at radius 2 is 2.12 bits per heavy atom. The fraction of sp³-hybridized carbons (Fsp3) is 0.100. The Morgan fingerprint density at radius 3 is 2.75 bits per heavy atom. The highest BCUT2D eigenvalue weighted by molar-refractivity contribution is 5.98. The molecule has 0 spiro atoms. The molecule has 0 bridgehead atoms. The van der Waals surface area contributed by atoms with E-state index in [1.165, 1.54) is 11.0 Å². The molecule has 0 radical (unpaired) electrons. The molecule has 82 valence electrons. The summed E-state index contributed by atoms with van der Waals surface area (Å²) in [6.07, 6.45) is 1.40. The standard InChI is InChI=1S/C10H12N6/c1-8(9-5-3-2-4-6-9)13-15-10-14-12-7-16(10)11/h2-7H,11H2,1H3,(H,14,15)/b13-8-. The van der Waals surface area contributed by atoms with Crippen LogP contribution in [0.25, 0.3) is 0 Å². The van der Waals surface area contributed by atoms with Crippen molar-refractivity contribution >= 4 is 11.7 Å². The molecule has 0 fully saturated rings. The van der Waals surface area contributed by atoms with Gasteiger partial charge in [-0.3, -0.25) is 0 Å². The minimum Gasteiger partial charge on any atom is -0.335 e. The first-order chi connectivity index (χ1) is 7.77. The van der Waals surface area contributed by atoms with Gasteiger partial charge in [-0.2, -0.15) is 5.10 Å². The predicted molar refractivity (Wildman–Crippen MR) is 62.4 cm³/mol. The topological polar surface area (TPSA) is 81.1 Å². The maximum atomic E-state index is 5.53. The molecule has 6 nitrogen and oxygen atoms in total. The van der Waals surface area contributed by atoms with Crippen LogP contribution >= 0.6 is 0 Å². The van der Waals surface area contributed by atoms with E-state index in [4.69, 9.17) is 5.84 Å². The van der Waals surface area contributed by atoms with Crippen molar-refractivity contribution in [3.63, 3.8) is 0 Å². The van der Waals surface area contributed by atoms with Crippen LogP contribution in [0.3, 0.4) is 0 Å². The van der Waals surface area contributed by atoms with E-state index in [1.54, 1.807) is 0 Å². The van der Waals surface area contributed by atoms with Gasteiger partial charge in [0.15, 0.2) is 0 Å². The lowest BCUT2D eigenvalue weighted by molar-refractivity contribution is 0.987. The molecule has 0 aliphatic rings. The van der Waals surface area contributed by atoms with Crippen LogP contribution in [0.5, 0.6) is 0 Å². The maximum Gasteiger partial charge on any atom is 0.263 e. The highest BCUT2D eigenvalue weighted by Crippen LogP contribution is 2.02. The number of nitrogens with one attached hydrogen (secondary N) is 1. The first-order valence-electron chi connectivity index (χ1n) is 4.78. The molecule has 1 aromatic heterocycles. The zero-order valence-corrected chi connectivity index (χ0v) is 8.83. The second kappa shape index (κ2) is 4.43. The summed E-state index contributed by atoms with van der Waals surface area (Å²) in [5, 5.41) is 11.5. The number of nitrogens with two attached hydrogens (primary N) is 1. The summed E-state index contributed by atoms with van der Waals surface area (Å²) in [4.78, 5) is 0. The third-order valence-electron chi connectivity index (χ3n) is 2.09. The maximum absolute atomic E-state index is 5.53. The Bertz CT molecular complexity index is 487. The van der Waals surface area contributed by atoms with Crippen molar-refractivity contribution in [3.05, 3.63) is 42.2 Å². The normalized spacial score (nSPS) is 11.4. The van der Waals surface area contributed by atoms with Gasteiger partial charge in [0.05, 0.1) is 5.71 Å². The van der Waals surface area contributed by atoms with Gasteiger partial charge in [-0.1, -0.05) is 30.3 Å². The van der Waals surface area contributed by atoms with Gasteiger partial charge < -0.3 is 5.84 Å². The average molecular weight is 216 g/mol. The smallest absolute Gasteiger partial charge is 0.263 e. The molecular formula is C10H12N6. The van der Waals surface area contributed by atoms with Gasteiger partial charge in [0.25, 0.3) is 5.95 Å². The predicted octanol–water partition coefficient (Wildman–Crippen LogP) is 0.828. The first-order valence-corrected chi connectivity index (χ1v) is 4.78. The Labute approximate surface area is 92.8 Å². The van der Waals surface area contributed by atoms with Crippen molar-refractivity contribution in [2.45, 2.75) is 6.92 Å². The highest BCUT2D eigenvalue weighted by Gasteiger charge is 1.99. The molecule has 1 aromatic carbocycles. The molecule has 1 heterocycles. The minimum atomic E-state index is 0.398. The third kappa shape index (κ3) is 2.17. The van der Waals surface area contributed by atoms with Gasteiger partial charge >= 0.3 is 0 Å².